The maximum absolute atomic E-state index is 11.1. The van der Waals surface area contributed by atoms with Gasteiger partial charge in [0.25, 0.3) is 0 Å². The van der Waals surface area contributed by atoms with Crippen LogP contribution < -0.4 is 31.9 Å². The molecule has 0 saturated carbocycles. The van der Waals surface area contributed by atoms with Crippen molar-refractivity contribution in [1.82, 2.24) is 21.9 Å². The van der Waals surface area contributed by atoms with E-state index in [1.54, 1.807) is 58.5 Å². The van der Waals surface area contributed by atoms with Gasteiger partial charge in [-0.25, -0.2) is 9.59 Å². The molecule has 6 N–H and O–H groups in total. The Morgan fingerprint density at radius 2 is 1.03 bits per heavy atom. The largest absolute Gasteiger partial charge is 0.478 e. The molecule has 2 heterocycles. The van der Waals surface area contributed by atoms with Gasteiger partial charge in [-0.1, -0.05) is 18.2 Å². The Morgan fingerprint density at radius 1 is 0.618 bits per heavy atom. The highest BCUT2D eigenvalue weighted by Gasteiger charge is 2.18. The molecular weight excluding hydrogens is 436 g/mol. The molecular formula is C24H20N6O4. The lowest BCUT2D eigenvalue weighted by atomic mass is 10.1. The Hall–Kier alpha value is -4.80. The Bertz CT molecular complexity index is 1220. The van der Waals surface area contributed by atoms with Gasteiger partial charge in [0.1, 0.15) is 0 Å². The van der Waals surface area contributed by atoms with Crippen molar-refractivity contribution in [2.75, 3.05) is 10.0 Å². The number of hydrazine groups is 4. The normalized spacial score (nSPS) is 14.8. The Balaban J connectivity index is 1.33. The number of carboxylic acids is 2. The van der Waals surface area contributed by atoms with Crippen molar-refractivity contribution in [2.45, 2.75) is 0 Å². The molecule has 10 nitrogen and oxygen atoms in total. The van der Waals surface area contributed by atoms with Crippen LogP contribution in [0.2, 0.25) is 0 Å². The first-order valence-corrected chi connectivity index (χ1v) is 10.3. The van der Waals surface area contributed by atoms with Gasteiger partial charge in [-0.15, -0.1) is 11.1 Å². The smallest absolute Gasteiger partial charge is 0.335 e. The van der Waals surface area contributed by atoms with Gasteiger partial charge in [0.15, 0.2) is 0 Å². The lowest BCUT2D eigenvalue weighted by molar-refractivity contribution is 0.0686. The van der Waals surface area contributed by atoms with Gasteiger partial charge >= 0.3 is 11.9 Å². The van der Waals surface area contributed by atoms with Crippen LogP contribution in [0.1, 0.15) is 31.8 Å². The average molecular weight is 456 g/mol. The van der Waals surface area contributed by atoms with Gasteiger partial charge < -0.3 is 21.1 Å². The van der Waals surface area contributed by atoms with Crippen molar-refractivity contribution >= 4 is 34.7 Å². The van der Waals surface area contributed by atoms with Crippen LogP contribution in [0.4, 0.5) is 11.4 Å². The zero-order valence-corrected chi connectivity index (χ0v) is 17.7. The maximum Gasteiger partial charge on any atom is 0.335 e. The van der Waals surface area contributed by atoms with E-state index in [9.17, 15) is 9.59 Å². The number of hydrogen-bond acceptors (Lipinski definition) is 8. The minimum Gasteiger partial charge on any atom is -0.478 e. The first-order chi connectivity index (χ1) is 16.5. The van der Waals surface area contributed by atoms with E-state index in [-0.39, 0.29) is 11.1 Å². The molecule has 0 spiro atoms. The molecule has 0 saturated heterocycles. The maximum atomic E-state index is 11.1. The monoisotopic (exact) mass is 456 g/mol. The minimum absolute atomic E-state index is 0.227. The topological polar surface area (TPSA) is 129 Å². The molecule has 0 bridgehead atoms. The highest BCUT2D eigenvalue weighted by molar-refractivity contribution is 5.88. The number of aromatic carboxylic acids is 2. The molecule has 34 heavy (non-hydrogen) atoms. The van der Waals surface area contributed by atoms with Crippen LogP contribution in [-0.4, -0.2) is 22.2 Å². The van der Waals surface area contributed by atoms with Gasteiger partial charge in [-0.3, -0.25) is 10.0 Å². The molecule has 3 aromatic carbocycles. The predicted octanol–water partition coefficient (Wildman–Crippen LogP) is 2.74. The fraction of sp³-hybridized carbons (Fsp3) is 0. The van der Waals surface area contributed by atoms with Gasteiger partial charge in [0, 0.05) is 23.5 Å². The fourth-order valence-corrected chi connectivity index (χ4v) is 3.58. The van der Waals surface area contributed by atoms with Crippen molar-refractivity contribution in [3.8, 4) is 0 Å². The second-order valence-corrected chi connectivity index (χ2v) is 7.58. The highest BCUT2D eigenvalue weighted by atomic mass is 16.4. The number of carboxylic acid groups (broad SMARTS) is 2. The van der Waals surface area contributed by atoms with Crippen molar-refractivity contribution in [1.29, 1.82) is 0 Å². The number of anilines is 2. The third-order valence-corrected chi connectivity index (χ3v) is 5.41. The van der Waals surface area contributed by atoms with Crippen molar-refractivity contribution in [3.05, 3.63) is 107 Å². The third kappa shape index (κ3) is 4.13. The van der Waals surface area contributed by atoms with Gasteiger partial charge in [-0.05, 0) is 54.6 Å². The molecule has 0 radical (unpaired) electrons. The van der Waals surface area contributed by atoms with Crippen LogP contribution in [0.15, 0.2) is 85.2 Å². The lowest BCUT2D eigenvalue weighted by Gasteiger charge is -2.15. The number of hydrogen-bond donors (Lipinski definition) is 6. The number of rotatable bonds is 6. The first kappa shape index (κ1) is 21.1. The molecule has 170 valence electrons. The number of nitrogens with zero attached hydrogens (tertiary/aromatic N) is 2. The summed E-state index contributed by atoms with van der Waals surface area (Å²) >= 11 is 0. The number of nitrogens with one attached hydrogen (secondary N) is 4. The Kier molecular flexibility index (Phi) is 5.34. The zero-order chi connectivity index (χ0) is 23.7. The summed E-state index contributed by atoms with van der Waals surface area (Å²) in [6.07, 6.45) is 3.78. The highest BCUT2D eigenvalue weighted by Crippen LogP contribution is 2.25. The van der Waals surface area contributed by atoms with E-state index in [1.807, 2.05) is 36.7 Å². The van der Waals surface area contributed by atoms with Gasteiger partial charge in [-0.2, -0.15) is 0 Å². The van der Waals surface area contributed by atoms with E-state index < -0.39 is 11.9 Å². The molecule has 5 rings (SSSR count). The molecule has 0 amide bonds. The van der Waals surface area contributed by atoms with Crippen molar-refractivity contribution in [3.63, 3.8) is 0 Å². The molecule has 0 aromatic heterocycles. The molecule has 0 atom stereocenters. The summed E-state index contributed by atoms with van der Waals surface area (Å²) in [5.74, 6) is -1.93. The van der Waals surface area contributed by atoms with E-state index in [0.717, 1.165) is 33.9 Å². The molecule has 0 aliphatic carbocycles. The van der Waals surface area contributed by atoms with Gasteiger partial charge in [0.2, 0.25) is 0 Å². The van der Waals surface area contributed by atoms with E-state index in [2.05, 4.69) is 21.9 Å². The average Bonchev–Trinajstić information content (AvgIpc) is 3.55. The lowest BCUT2D eigenvalue weighted by Crippen LogP contribution is -2.36. The van der Waals surface area contributed by atoms with E-state index in [1.165, 1.54) is 0 Å². The summed E-state index contributed by atoms with van der Waals surface area (Å²) < 4.78 is 0. The van der Waals surface area contributed by atoms with Crippen molar-refractivity contribution in [2.24, 2.45) is 0 Å². The van der Waals surface area contributed by atoms with Crippen LogP contribution in [0.3, 0.4) is 0 Å². The van der Waals surface area contributed by atoms with Crippen LogP contribution >= 0.6 is 0 Å². The van der Waals surface area contributed by atoms with Crippen LogP contribution in [0.25, 0.3) is 11.4 Å². The van der Waals surface area contributed by atoms with Crippen LogP contribution in [0, 0.1) is 0 Å². The van der Waals surface area contributed by atoms with Crippen molar-refractivity contribution < 1.29 is 19.8 Å². The summed E-state index contributed by atoms with van der Waals surface area (Å²) in [5, 5.41) is 21.7. The summed E-state index contributed by atoms with van der Waals surface area (Å²) in [7, 11) is 0. The molecule has 0 fully saturated rings. The van der Waals surface area contributed by atoms with Crippen LogP contribution in [0.5, 0.6) is 0 Å². The second-order valence-electron chi connectivity index (χ2n) is 7.58. The molecule has 0 unspecified atom stereocenters. The second kappa shape index (κ2) is 8.62. The summed E-state index contributed by atoms with van der Waals surface area (Å²) in [4.78, 5) is 22.1. The fourth-order valence-electron chi connectivity index (χ4n) is 3.58. The molecule has 2 aliphatic heterocycles. The molecule has 10 heteroatoms. The quantitative estimate of drug-likeness (QED) is 0.329. The predicted molar refractivity (Wildman–Crippen MR) is 127 cm³/mol. The van der Waals surface area contributed by atoms with E-state index in [4.69, 9.17) is 10.2 Å². The Labute approximate surface area is 194 Å². The SMILES string of the molecule is O=C(O)c1ccc(N2C=C(c3cccc(C4=CN(c5ccc(C(=O)O)cc5)NN4)c3)NN2)cc1. The molecule has 2 aliphatic rings. The summed E-state index contributed by atoms with van der Waals surface area (Å²) in [6.45, 7) is 0. The minimum atomic E-state index is -0.966. The zero-order valence-electron chi connectivity index (χ0n) is 17.7. The van der Waals surface area contributed by atoms with E-state index in [0.29, 0.717) is 0 Å². The number of carbonyl (C=O) groups is 2. The molecule has 3 aromatic rings. The first-order valence-electron chi connectivity index (χ1n) is 10.3. The van der Waals surface area contributed by atoms with Gasteiger partial charge in [0.05, 0.1) is 33.9 Å². The Morgan fingerprint density at radius 3 is 1.41 bits per heavy atom. The number of benzene rings is 3. The standard InChI is InChI=1S/C24H20N6O4/c31-23(32)15-4-8-19(9-5-15)29-13-21(25-27-29)17-2-1-3-18(12-17)22-14-30(28-26-22)20-10-6-16(7-11-20)24(33)34/h1-14,25-28H,(H,31,32)(H,33,34). The summed E-state index contributed by atoms with van der Waals surface area (Å²) in [6, 6.07) is 21.0. The van der Waals surface area contributed by atoms with E-state index >= 15 is 0 Å². The van der Waals surface area contributed by atoms with Crippen LogP contribution in [-0.2, 0) is 0 Å². The summed E-state index contributed by atoms with van der Waals surface area (Å²) in [5.41, 5.74) is 18.0. The third-order valence-electron chi connectivity index (χ3n) is 5.41.